The number of amides is 1. The minimum Gasteiger partial charge on any atom is -0.350 e. The molecule has 3 N–H and O–H groups in total. The van der Waals surface area contributed by atoms with Crippen molar-refractivity contribution in [3.05, 3.63) is 59.7 Å². The van der Waals surface area contributed by atoms with Gasteiger partial charge in [-0.2, -0.15) is 0 Å². The van der Waals surface area contributed by atoms with E-state index in [1.807, 2.05) is 0 Å². The van der Waals surface area contributed by atoms with Crippen molar-refractivity contribution in [3.63, 3.8) is 0 Å². The van der Waals surface area contributed by atoms with Crippen LogP contribution in [0.25, 0.3) is 11.1 Å². The summed E-state index contributed by atoms with van der Waals surface area (Å²) in [5, 5.41) is 2.67. The smallest absolute Gasteiger partial charge is 0.254 e. The van der Waals surface area contributed by atoms with E-state index in [4.69, 9.17) is 5.73 Å². The third-order valence-corrected chi connectivity index (χ3v) is 4.12. The molecule has 0 bridgehead atoms. The molecule has 0 aliphatic heterocycles. The van der Waals surface area contributed by atoms with Crippen molar-refractivity contribution >= 4 is 18.3 Å². The van der Waals surface area contributed by atoms with Gasteiger partial charge in [0.2, 0.25) is 0 Å². The highest BCUT2D eigenvalue weighted by atomic mass is 35.5. The number of nitrogens with two attached hydrogens (primary N) is 1. The third-order valence-electron chi connectivity index (χ3n) is 4.12. The first kappa shape index (κ1) is 18.4. The number of halogens is 3. The molecule has 3 nitrogen and oxygen atoms in total. The fourth-order valence-electron chi connectivity index (χ4n) is 2.52. The summed E-state index contributed by atoms with van der Waals surface area (Å²) in [7, 11) is 0. The van der Waals surface area contributed by atoms with Crippen LogP contribution < -0.4 is 11.1 Å². The number of hydrogen-bond donors (Lipinski definition) is 2. The van der Waals surface area contributed by atoms with Gasteiger partial charge >= 0.3 is 0 Å². The lowest BCUT2D eigenvalue weighted by Gasteiger charge is -2.12. The zero-order valence-electron chi connectivity index (χ0n) is 13.0. The lowest BCUT2D eigenvalue weighted by Crippen LogP contribution is -2.38. The van der Waals surface area contributed by atoms with E-state index in [0.717, 1.165) is 12.8 Å². The molecule has 6 heteroatoms. The van der Waals surface area contributed by atoms with Crippen molar-refractivity contribution in [1.82, 2.24) is 5.32 Å². The van der Waals surface area contributed by atoms with Crippen LogP contribution in [-0.2, 0) is 0 Å². The Morgan fingerprint density at radius 2 is 1.75 bits per heavy atom. The van der Waals surface area contributed by atoms with E-state index >= 15 is 0 Å². The maximum absolute atomic E-state index is 14.2. The first-order chi connectivity index (χ1) is 11.0. The van der Waals surface area contributed by atoms with Crippen LogP contribution in [0, 0.1) is 17.6 Å². The minimum absolute atomic E-state index is 0. The molecule has 24 heavy (non-hydrogen) atoms. The second kappa shape index (κ2) is 7.73. The number of carbonyl (C=O) groups is 1. The number of nitrogens with one attached hydrogen (secondary N) is 1. The van der Waals surface area contributed by atoms with E-state index in [1.54, 1.807) is 18.2 Å². The summed E-state index contributed by atoms with van der Waals surface area (Å²) in [5.74, 6) is -0.952. The van der Waals surface area contributed by atoms with Gasteiger partial charge in [-0.25, -0.2) is 8.78 Å². The van der Waals surface area contributed by atoms with Crippen molar-refractivity contribution in [3.8, 4) is 11.1 Å². The highest BCUT2D eigenvalue weighted by Gasteiger charge is 2.28. The zero-order valence-corrected chi connectivity index (χ0v) is 13.8. The summed E-state index contributed by atoms with van der Waals surface area (Å²) >= 11 is 0. The van der Waals surface area contributed by atoms with Crippen LogP contribution in [0.1, 0.15) is 23.2 Å². The number of rotatable bonds is 5. The molecule has 0 spiro atoms. The topological polar surface area (TPSA) is 55.1 Å². The summed E-state index contributed by atoms with van der Waals surface area (Å²) in [5.41, 5.74) is 7.18. The fourth-order valence-corrected chi connectivity index (χ4v) is 2.52. The maximum Gasteiger partial charge on any atom is 0.254 e. The molecule has 1 amide bonds. The van der Waals surface area contributed by atoms with Gasteiger partial charge in [0, 0.05) is 12.6 Å². The van der Waals surface area contributed by atoms with Crippen LogP contribution >= 0.6 is 12.4 Å². The molecule has 1 saturated carbocycles. The van der Waals surface area contributed by atoms with Gasteiger partial charge in [-0.3, -0.25) is 4.79 Å². The number of carbonyl (C=O) groups excluding carboxylic acids is 1. The molecule has 1 fully saturated rings. The van der Waals surface area contributed by atoms with E-state index in [-0.39, 0.29) is 29.8 Å². The summed E-state index contributed by atoms with van der Waals surface area (Å²) in [6, 6.07) is 10.1. The van der Waals surface area contributed by atoms with Gasteiger partial charge < -0.3 is 11.1 Å². The van der Waals surface area contributed by atoms with Crippen molar-refractivity contribution in [2.75, 3.05) is 6.54 Å². The summed E-state index contributed by atoms with van der Waals surface area (Å²) < 4.78 is 27.1. The van der Waals surface area contributed by atoms with E-state index in [2.05, 4.69) is 5.32 Å². The average molecular weight is 353 g/mol. The molecule has 0 radical (unpaired) electrons. The lowest BCUT2D eigenvalue weighted by atomic mass is 10.0. The van der Waals surface area contributed by atoms with E-state index in [0.29, 0.717) is 23.6 Å². The predicted octanol–water partition coefficient (Wildman–Crippen LogP) is 3.52. The average Bonchev–Trinajstić information content (AvgIpc) is 3.38. The Hall–Kier alpha value is -1.98. The van der Waals surface area contributed by atoms with E-state index in [9.17, 15) is 13.6 Å². The summed E-state index contributed by atoms with van der Waals surface area (Å²) in [6.07, 6.45) is 2.19. The van der Waals surface area contributed by atoms with Crippen molar-refractivity contribution in [2.24, 2.45) is 11.7 Å². The second-order valence-electron chi connectivity index (χ2n) is 5.91. The van der Waals surface area contributed by atoms with E-state index < -0.39 is 11.7 Å². The molecule has 2 aromatic rings. The first-order valence-electron chi connectivity index (χ1n) is 7.64. The standard InChI is InChI=1S/C18H18F2N2O.ClH/c19-14-6-3-11(4-7-14)13-5-8-15(16(20)9-13)18(23)22-10-17(21)12-1-2-12;/h3-9,12,17H,1-2,10,21H2,(H,22,23);1H. The highest BCUT2D eigenvalue weighted by molar-refractivity contribution is 5.95. The molecule has 0 heterocycles. The fraction of sp³-hybridized carbons (Fsp3) is 0.278. The Balaban J connectivity index is 0.00000208. The Labute approximate surface area is 145 Å². The molecule has 0 aromatic heterocycles. The molecular formula is C18H19ClF2N2O. The van der Waals surface area contributed by atoms with Gasteiger partial charge in [0.15, 0.2) is 0 Å². The number of hydrogen-bond acceptors (Lipinski definition) is 2. The van der Waals surface area contributed by atoms with Gasteiger partial charge in [0.1, 0.15) is 11.6 Å². The molecule has 1 aliphatic carbocycles. The van der Waals surface area contributed by atoms with Crippen molar-refractivity contribution in [2.45, 2.75) is 18.9 Å². The van der Waals surface area contributed by atoms with Gasteiger partial charge in [0.25, 0.3) is 5.91 Å². The second-order valence-corrected chi connectivity index (χ2v) is 5.91. The molecular weight excluding hydrogens is 334 g/mol. The van der Waals surface area contributed by atoms with Gasteiger partial charge in [-0.15, -0.1) is 12.4 Å². The van der Waals surface area contributed by atoms with Crippen LogP contribution in [0.15, 0.2) is 42.5 Å². The molecule has 1 aliphatic rings. The predicted molar refractivity (Wildman–Crippen MR) is 92.1 cm³/mol. The molecule has 3 rings (SSSR count). The maximum atomic E-state index is 14.2. The van der Waals surface area contributed by atoms with Crippen LogP contribution in [0.2, 0.25) is 0 Å². The van der Waals surface area contributed by atoms with Crippen molar-refractivity contribution in [1.29, 1.82) is 0 Å². The van der Waals surface area contributed by atoms with Gasteiger partial charge in [-0.05, 0) is 54.2 Å². The van der Waals surface area contributed by atoms with Crippen LogP contribution in [-0.4, -0.2) is 18.5 Å². The quantitative estimate of drug-likeness (QED) is 0.865. The first-order valence-corrected chi connectivity index (χ1v) is 7.64. The SMILES string of the molecule is Cl.NC(CNC(=O)c1ccc(-c2ccc(F)cc2)cc1F)C1CC1. The van der Waals surface area contributed by atoms with Crippen LogP contribution in [0.4, 0.5) is 8.78 Å². The molecule has 1 atom stereocenters. The molecule has 1 unspecified atom stereocenters. The Morgan fingerprint density at radius 1 is 1.12 bits per heavy atom. The van der Waals surface area contributed by atoms with Gasteiger partial charge in [-0.1, -0.05) is 18.2 Å². The summed E-state index contributed by atoms with van der Waals surface area (Å²) in [4.78, 5) is 12.0. The Bertz CT molecular complexity index is 717. The van der Waals surface area contributed by atoms with Gasteiger partial charge in [0.05, 0.1) is 5.56 Å². The Kier molecular flexibility index (Phi) is 5.91. The van der Waals surface area contributed by atoms with Crippen molar-refractivity contribution < 1.29 is 13.6 Å². The monoisotopic (exact) mass is 352 g/mol. The number of benzene rings is 2. The molecule has 0 saturated heterocycles. The normalized spacial score (nSPS) is 14.6. The largest absolute Gasteiger partial charge is 0.350 e. The molecule has 2 aromatic carbocycles. The third kappa shape index (κ3) is 4.30. The highest BCUT2D eigenvalue weighted by Crippen LogP contribution is 2.31. The van der Waals surface area contributed by atoms with E-state index in [1.165, 1.54) is 24.3 Å². The summed E-state index contributed by atoms with van der Waals surface area (Å²) in [6.45, 7) is 0.350. The minimum atomic E-state index is -0.607. The zero-order chi connectivity index (χ0) is 16.4. The van der Waals surface area contributed by atoms with Crippen LogP contribution in [0.5, 0.6) is 0 Å². The molecule has 128 valence electrons. The Morgan fingerprint density at radius 3 is 2.33 bits per heavy atom. The van der Waals surface area contributed by atoms with Crippen LogP contribution in [0.3, 0.4) is 0 Å². The lowest BCUT2D eigenvalue weighted by molar-refractivity contribution is 0.0946.